The Kier molecular flexibility index (Phi) is 2.15. The highest BCUT2D eigenvalue weighted by atomic mass is 35.7. The van der Waals surface area contributed by atoms with Gasteiger partial charge in [0.25, 0.3) is 9.05 Å². The Morgan fingerprint density at radius 3 is 2.45 bits per heavy atom. The van der Waals surface area contributed by atoms with Crippen molar-refractivity contribution >= 4 is 19.7 Å². The molecule has 1 heterocycles. The minimum absolute atomic E-state index is 0.0980. The van der Waals surface area contributed by atoms with Crippen LogP contribution in [0.5, 0.6) is 0 Å². The molecule has 0 aromatic carbocycles. The molecule has 0 bridgehead atoms. The first-order valence-corrected chi connectivity index (χ1v) is 5.19. The van der Waals surface area contributed by atoms with Gasteiger partial charge in [-0.05, 0) is 19.1 Å². The predicted molar refractivity (Wildman–Crippen MR) is 42.0 cm³/mol. The second-order valence-corrected chi connectivity index (χ2v) is 4.57. The first kappa shape index (κ1) is 8.49. The maximum atomic E-state index is 10.7. The van der Waals surface area contributed by atoms with E-state index in [1.807, 2.05) is 0 Å². The highest BCUT2D eigenvalue weighted by Crippen LogP contribution is 2.11. The molecule has 0 fully saturated rings. The molecule has 11 heavy (non-hydrogen) atoms. The van der Waals surface area contributed by atoms with Crippen LogP contribution in [0.2, 0.25) is 0 Å². The van der Waals surface area contributed by atoms with E-state index in [2.05, 4.69) is 4.98 Å². The maximum Gasteiger partial charge on any atom is 0.278 e. The van der Waals surface area contributed by atoms with E-state index in [1.54, 1.807) is 19.1 Å². The molecular formula is C6H6ClNO2S. The summed E-state index contributed by atoms with van der Waals surface area (Å²) in [5.41, 5.74) is 0.631. The average molecular weight is 192 g/mol. The summed E-state index contributed by atoms with van der Waals surface area (Å²) in [7, 11) is 1.38. The maximum absolute atomic E-state index is 10.7. The average Bonchev–Trinajstić information content (AvgIpc) is 1.86. The SMILES string of the molecule is Cc1cccc(S(=O)(=O)Cl)n1. The van der Waals surface area contributed by atoms with E-state index >= 15 is 0 Å². The van der Waals surface area contributed by atoms with Gasteiger partial charge in [-0.25, -0.2) is 13.4 Å². The summed E-state index contributed by atoms with van der Waals surface area (Å²) in [6.45, 7) is 1.70. The van der Waals surface area contributed by atoms with Crippen molar-refractivity contribution in [1.29, 1.82) is 0 Å². The van der Waals surface area contributed by atoms with Gasteiger partial charge in [-0.2, -0.15) is 0 Å². The number of hydrogen-bond donors (Lipinski definition) is 0. The Morgan fingerprint density at radius 1 is 1.45 bits per heavy atom. The molecule has 0 unspecified atom stereocenters. The lowest BCUT2D eigenvalue weighted by Crippen LogP contribution is -1.95. The van der Waals surface area contributed by atoms with Gasteiger partial charge in [0.05, 0.1) is 0 Å². The third-order valence-corrected chi connectivity index (χ3v) is 2.31. The number of halogens is 1. The number of nitrogens with zero attached hydrogens (tertiary/aromatic N) is 1. The Hall–Kier alpha value is -0.610. The van der Waals surface area contributed by atoms with Gasteiger partial charge in [0, 0.05) is 16.4 Å². The predicted octanol–water partition coefficient (Wildman–Crippen LogP) is 1.32. The van der Waals surface area contributed by atoms with Gasteiger partial charge in [-0.1, -0.05) is 6.07 Å². The number of hydrogen-bond acceptors (Lipinski definition) is 3. The van der Waals surface area contributed by atoms with Crippen LogP contribution < -0.4 is 0 Å². The fourth-order valence-electron chi connectivity index (χ4n) is 0.654. The Morgan fingerprint density at radius 2 is 2.09 bits per heavy atom. The third-order valence-electron chi connectivity index (χ3n) is 1.11. The smallest absolute Gasteiger partial charge is 0.240 e. The van der Waals surface area contributed by atoms with Gasteiger partial charge in [0.1, 0.15) is 0 Å². The lowest BCUT2D eigenvalue weighted by Gasteiger charge is -1.94. The zero-order valence-electron chi connectivity index (χ0n) is 5.78. The lowest BCUT2D eigenvalue weighted by atomic mass is 10.4. The Balaban J connectivity index is 3.28. The van der Waals surface area contributed by atoms with E-state index in [0.29, 0.717) is 5.69 Å². The van der Waals surface area contributed by atoms with Crippen LogP contribution in [0.3, 0.4) is 0 Å². The van der Waals surface area contributed by atoms with E-state index in [-0.39, 0.29) is 5.03 Å². The van der Waals surface area contributed by atoms with Crippen LogP contribution in [0.1, 0.15) is 5.69 Å². The zero-order valence-corrected chi connectivity index (χ0v) is 7.35. The van der Waals surface area contributed by atoms with Crippen molar-refractivity contribution in [2.75, 3.05) is 0 Å². The van der Waals surface area contributed by atoms with E-state index < -0.39 is 9.05 Å². The molecule has 0 saturated carbocycles. The van der Waals surface area contributed by atoms with E-state index in [1.165, 1.54) is 6.07 Å². The molecule has 0 atom stereocenters. The van der Waals surface area contributed by atoms with Crippen LogP contribution >= 0.6 is 10.7 Å². The van der Waals surface area contributed by atoms with Crippen molar-refractivity contribution in [3.05, 3.63) is 23.9 Å². The first-order chi connectivity index (χ1) is 5.00. The summed E-state index contributed by atoms with van der Waals surface area (Å²) in [5.74, 6) is 0. The molecule has 3 nitrogen and oxygen atoms in total. The van der Waals surface area contributed by atoms with Crippen molar-refractivity contribution in [2.45, 2.75) is 11.9 Å². The van der Waals surface area contributed by atoms with Gasteiger partial charge in [0.15, 0.2) is 5.03 Å². The van der Waals surface area contributed by atoms with E-state index in [4.69, 9.17) is 10.7 Å². The highest BCUT2D eigenvalue weighted by Gasteiger charge is 2.10. The number of pyridine rings is 1. The first-order valence-electron chi connectivity index (χ1n) is 2.88. The van der Waals surface area contributed by atoms with Gasteiger partial charge < -0.3 is 0 Å². The molecule has 0 aliphatic rings. The molecule has 0 aliphatic heterocycles. The number of aromatic nitrogens is 1. The van der Waals surface area contributed by atoms with Crippen molar-refractivity contribution in [1.82, 2.24) is 4.98 Å². The molecule has 1 aromatic heterocycles. The summed E-state index contributed by atoms with van der Waals surface area (Å²) < 4.78 is 21.4. The number of rotatable bonds is 1. The van der Waals surface area contributed by atoms with E-state index in [9.17, 15) is 8.42 Å². The van der Waals surface area contributed by atoms with Gasteiger partial charge >= 0.3 is 0 Å². The summed E-state index contributed by atoms with van der Waals surface area (Å²) in [4.78, 5) is 3.72. The molecule has 1 rings (SSSR count). The van der Waals surface area contributed by atoms with Crippen LogP contribution in [-0.2, 0) is 9.05 Å². The quantitative estimate of drug-likeness (QED) is 0.629. The molecule has 5 heteroatoms. The van der Waals surface area contributed by atoms with Crippen molar-refractivity contribution in [3.8, 4) is 0 Å². The van der Waals surface area contributed by atoms with Crippen LogP contribution in [0.15, 0.2) is 23.2 Å². The monoisotopic (exact) mass is 191 g/mol. The molecule has 0 aliphatic carbocycles. The molecular weight excluding hydrogens is 186 g/mol. The molecule has 0 spiro atoms. The highest BCUT2D eigenvalue weighted by molar-refractivity contribution is 8.13. The zero-order chi connectivity index (χ0) is 8.48. The molecule has 0 radical (unpaired) electrons. The largest absolute Gasteiger partial charge is 0.278 e. The standard InChI is InChI=1S/C6H6ClNO2S/c1-5-3-2-4-6(8-5)11(7,9)10/h2-4H,1H3. The fourth-order valence-corrected chi connectivity index (χ4v) is 1.41. The van der Waals surface area contributed by atoms with Crippen LogP contribution in [0, 0.1) is 6.92 Å². The number of aryl methyl sites for hydroxylation is 1. The normalized spacial score (nSPS) is 11.5. The summed E-state index contributed by atoms with van der Waals surface area (Å²) in [6.07, 6.45) is 0. The second-order valence-electron chi connectivity index (χ2n) is 2.06. The van der Waals surface area contributed by atoms with Crippen molar-refractivity contribution in [2.24, 2.45) is 0 Å². The van der Waals surface area contributed by atoms with Crippen molar-refractivity contribution in [3.63, 3.8) is 0 Å². The molecule has 1 aromatic rings. The molecule has 0 N–H and O–H groups in total. The Labute approximate surface area is 69.4 Å². The van der Waals surface area contributed by atoms with Crippen molar-refractivity contribution < 1.29 is 8.42 Å². The Bertz CT molecular complexity index is 361. The third kappa shape index (κ3) is 2.17. The van der Waals surface area contributed by atoms with Gasteiger partial charge in [0.2, 0.25) is 0 Å². The molecule has 60 valence electrons. The molecule has 0 amide bonds. The van der Waals surface area contributed by atoms with Crippen LogP contribution in [0.4, 0.5) is 0 Å². The topological polar surface area (TPSA) is 47.0 Å². The molecule has 0 saturated heterocycles. The van der Waals surface area contributed by atoms with Crippen LogP contribution in [-0.4, -0.2) is 13.4 Å². The minimum atomic E-state index is -3.66. The van der Waals surface area contributed by atoms with Crippen LogP contribution in [0.25, 0.3) is 0 Å². The van der Waals surface area contributed by atoms with E-state index in [0.717, 1.165) is 0 Å². The summed E-state index contributed by atoms with van der Waals surface area (Å²) in [6, 6.07) is 4.65. The summed E-state index contributed by atoms with van der Waals surface area (Å²) >= 11 is 0. The lowest BCUT2D eigenvalue weighted by molar-refractivity contribution is 0.606. The second kappa shape index (κ2) is 2.79. The minimum Gasteiger partial charge on any atom is -0.240 e. The summed E-state index contributed by atoms with van der Waals surface area (Å²) in [5, 5.41) is -0.0980. The fraction of sp³-hybridized carbons (Fsp3) is 0.167. The van der Waals surface area contributed by atoms with Gasteiger partial charge in [-0.3, -0.25) is 0 Å². The van der Waals surface area contributed by atoms with Gasteiger partial charge in [-0.15, -0.1) is 0 Å².